The van der Waals surface area contributed by atoms with Crippen LogP contribution in [0, 0.1) is 5.92 Å². The molecule has 1 aliphatic carbocycles. The molecule has 136 valence electrons. The van der Waals surface area contributed by atoms with Gasteiger partial charge in [0.15, 0.2) is 11.5 Å². The van der Waals surface area contributed by atoms with Crippen molar-refractivity contribution in [3.05, 3.63) is 53.6 Å². The monoisotopic (exact) mass is 371 g/mol. The topological polar surface area (TPSA) is 64.6 Å². The van der Waals surface area contributed by atoms with Crippen molar-refractivity contribution in [3.8, 4) is 11.5 Å². The van der Waals surface area contributed by atoms with E-state index in [1.165, 1.54) is 0 Å². The summed E-state index contributed by atoms with van der Waals surface area (Å²) in [6.07, 6.45) is 3.83. The molecule has 2 aromatic carbocycles. The standard InChI is InChI=1S/C20H21NO4S/c1-26(23)16-7-4-14(5-8-16)20(22)21-19(13-2-3-13)15-6-9-17-18(12-15)25-11-10-24-17/h4-9,12-13,19H,2-3,10-11H2,1H3,(H,21,22)/t19-,26+/m0/s1. The zero-order valence-corrected chi connectivity index (χ0v) is 15.4. The molecule has 1 N–H and O–H groups in total. The van der Waals surface area contributed by atoms with E-state index in [0.29, 0.717) is 29.6 Å². The van der Waals surface area contributed by atoms with Crippen LogP contribution in [0.15, 0.2) is 47.4 Å². The van der Waals surface area contributed by atoms with E-state index in [9.17, 15) is 9.00 Å². The van der Waals surface area contributed by atoms with Gasteiger partial charge in [0, 0.05) is 27.5 Å². The van der Waals surface area contributed by atoms with Gasteiger partial charge in [-0.05, 0) is 60.7 Å². The zero-order chi connectivity index (χ0) is 18.1. The molecule has 1 fully saturated rings. The lowest BCUT2D eigenvalue weighted by molar-refractivity contribution is 0.0931. The molecule has 0 aromatic heterocycles. The van der Waals surface area contributed by atoms with Crippen LogP contribution in [0.3, 0.4) is 0 Å². The van der Waals surface area contributed by atoms with Crippen LogP contribution in [0.1, 0.15) is 34.8 Å². The predicted octanol–water partition coefficient (Wildman–Crippen LogP) is 3.08. The normalized spacial score (nSPS) is 18.0. The molecule has 4 rings (SSSR count). The lowest BCUT2D eigenvalue weighted by atomic mass is 10.0. The van der Waals surface area contributed by atoms with E-state index < -0.39 is 10.8 Å². The molecule has 0 unspecified atom stereocenters. The van der Waals surface area contributed by atoms with E-state index in [1.807, 2.05) is 18.2 Å². The molecule has 5 nitrogen and oxygen atoms in total. The second-order valence-electron chi connectivity index (χ2n) is 6.67. The van der Waals surface area contributed by atoms with Gasteiger partial charge in [0.1, 0.15) is 13.2 Å². The van der Waals surface area contributed by atoms with Gasteiger partial charge < -0.3 is 14.8 Å². The maximum Gasteiger partial charge on any atom is 0.251 e. The van der Waals surface area contributed by atoms with Crippen molar-refractivity contribution in [1.82, 2.24) is 5.32 Å². The number of nitrogens with one attached hydrogen (secondary N) is 1. The maximum absolute atomic E-state index is 12.7. The summed E-state index contributed by atoms with van der Waals surface area (Å²) >= 11 is 0. The molecule has 0 spiro atoms. The Labute approximate surface area is 155 Å². The van der Waals surface area contributed by atoms with Crippen molar-refractivity contribution in [2.24, 2.45) is 5.92 Å². The van der Waals surface area contributed by atoms with E-state index in [-0.39, 0.29) is 11.9 Å². The first kappa shape index (κ1) is 17.1. The van der Waals surface area contributed by atoms with E-state index in [0.717, 1.165) is 29.9 Å². The Morgan fingerprint density at radius 3 is 2.42 bits per heavy atom. The third kappa shape index (κ3) is 3.60. The second kappa shape index (κ2) is 7.11. The summed E-state index contributed by atoms with van der Waals surface area (Å²) in [6, 6.07) is 12.8. The molecule has 2 aromatic rings. The van der Waals surface area contributed by atoms with E-state index >= 15 is 0 Å². The number of rotatable bonds is 5. The number of carbonyl (C=O) groups excluding carboxylic acids is 1. The fraction of sp³-hybridized carbons (Fsp3) is 0.350. The quantitative estimate of drug-likeness (QED) is 0.877. The van der Waals surface area contributed by atoms with Gasteiger partial charge in [0.25, 0.3) is 5.91 Å². The molecule has 1 heterocycles. The smallest absolute Gasteiger partial charge is 0.251 e. The van der Waals surface area contributed by atoms with Crippen LogP contribution in [-0.4, -0.2) is 29.6 Å². The van der Waals surface area contributed by atoms with Crippen LogP contribution >= 0.6 is 0 Å². The first-order valence-corrected chi connectivity index (χ1v) is 10.3. The molecule has 0 radical (unpaired) electrons. The van der Waals surface area contributed by atoms with Crippen molar-refractivity contribution < 1.29 is 18.5 Å². The molecule has 0 saturated heterocycles. The number of benzene rings is 2. The molecule has 26 heavy (non-hydrogen) atoms. The number of fused-ring (bicyclic) bond motifs is 1. The third-order valence-electron chi connectivity index (χ3n) is 4.75. The molecule has 1 saturated carbocycles. The van der Waals surface area contributed by atoms with Gasteiger partial charge >= 0.3 is 0 Å². The summed E-state index contributed by atoms with van der Waals surface area (Å²) in [5.41, 5.74) is 1.61. The first-order chi connectivity index (χ1) is 12.6. The van der Waals surface area contributed by atoms with Gasteiger partial charge in [0.05, 0.1) is 6.04 Å². The summed E-state index contributed by atoms with van der Waals surface area (Å²) in [7, 11) is -1.05. The molecular weight excluding hydrogens is 350 g/mol. The average Bonchev–Trinajstić information content (AvgIpc) is 3.50. The van der Waals surface area contributed by atoms with Crippen molar-refractivity contribution >= 4 is 16.7 Å². The molecule has 2 aliphatic rings. The van der Waals surface area contributed by atoms with E-state index in [4.69, 9.17) is 9.47 Å². The molecule has 1 aliphatic heterocycles. The van der Waals surface area contributed by atoms with Crippen LogP contribution in [0.2, 0.25) is 0 Å². The van der Waals surface area contributed by atoms with Crippen molar-refractivity contribution in [2.75, 3.05) is 19.5 Å². The Balaban J connectivity index is 1.54. The van der Waals surface area contributed by atoms with Crippen molar-refractivity contribution in [1.29, 1.82) is 0 Å². The van der Waals surface area contributed by atoms with Crippen molar-refractivity contribution in [2.45, 2.75) is 23.8 Å². The van der Waals surface area contributed by atoms with Crippen molar-refractivity contribution in [3.63, 3.8) is 0 Å². The van der Waals surface area contributed by atoms with Crippen LogP contribution < -0.4 is 14.8 Å². The predicted molar refractivity (Wildman–Crippen MR) is 99.1 cm³/mol. The van der Waals surface area contributed by atoms with Gasteiger partial charge in [-0.15, -0.1) is 0 Å². The highest BCUT2D eigenvalue weighted by atomic mass is 32.2. The fourth-order valence-electron chi connectivity index (χ4n) is 3.18. The number of amides is 1. The lowest BCUT2D eigenvalue weighted by Crippen LogP contribution is -2.30. The Kier molecular flexibility index (Phi) is 4.68. The zero-order valence-electron chi connectivity index (χ0n) is 14.6. The van der Waals surface area contributed by atoms with Gasteiger partial charge in [-0.3, -0.25) is 9.00 Å². The lowest BCUT2D eigenvalue weighted by Gasteiger charge is -2.23. The van der Waals surface area contributed by atoms with E-state index in [1.54, 1.807) is 30.5 Å². The molecule has 1 amide bonds. The number of hydrogen-bond donors (Lipinski definition) is 1. The molecule has 2 atom stereocenters. The largest absolute Gasteiger partial charge is 0.486 e. The SMILES string of the molecule is C[S@@](=O)c1ccc(C(=O)N[C@H](c2ccc3c(c2)OCCO3)C2CC2)cc1. The molecule has 0 bridgehead atoms. The number of carbonyl (C=O) groups is 1. The van der Waals surface area contributed by atoms with Gasteiger partial charge in [0.2, 0.25) is 0 Å². The Bertz CT molecular complexity index is 845. The Morgan fingerprint density at radius 1 is 1.08 bits per heavy atom. The van der Waals surface area contributed by atoms with Gasteiger partial charge in [-0.25, -0.2) is 0 Å². The average molecular weight is 371 g/mol. The summed E-state index contributed by atoms with van der Waals surface area (Å²) < 4.78 is 22.7. The minimum atomic E-state index is -1.05. The minimum absolute atomic E-state index is 0.0432. The number of hydrogen-bond acceptors (Lipinski definition) is 4. The maximum atomic E-state index is 12.7. The van der Waals surface area contributed by atoms with E-state index in [2.05, 4.69) is 5.32 Å². The Morgan fingerprint density at radius 2 is 1.77 bits per heavy atom. The van der Waals surface area contributed by atoms with Crippen LogP contribution in [-0.2, 0) is 10.8 Å². The van der Waals surface area contributed by atoms with Gasteiger partial charge in [-0.2, -0.15) is 0 Å². The number of ether oxygens (including phenoxy) is 2. The first-order valence-electron chi connectivity index (χ1n) is 8.76. The summed E-state index contributed by atoms with van der Waals surface area (Å²) in [4.78, 5) is 13.4. The highest BCUT2D eigenvalue weighted by Gasteiger charge is 2.34. The summed E-state index contributed by atoms with van der Waals surface area (Å²) in [5.74, 6) is 1.82. The Hall–Kier alpha value is -2.34. The van der Waals surface area contributed by atoms with Crippen LogP contribution in [0.5, 0.6) is 11.5 Å². The molecule has 6 heteroatoms. The highest BCUT2D eigenvalue weighted by molar-refractivity contribution is 7.84. The fourth-order valence-corrected chi connectivity index (χ4v) is 3.70. The second-order valence-corrected chi connectivity index (χ2v) is 8.05. The highest BCUT2D eigenvalue weighted by Crippen LogP contribution is 2.43. The minimum Gasteiger partial charge on any atom is -0.486 e. The van der Waals surface area contributed by atoms with Gasteiger partial charge in [-0.1, -0.05) is 6.07 Å². The summed E-state index contributed by atoms with van der Waals surface area (Å²) in [5, 5.41) is 3.16. The molecular formula is C20H21NO4S. The third-order valence-corrected chi connectivity index (χ3v) is 5.69. The van der Waals surface area contributed by atoms with Crippen LogP contribution in [0.25, 0.3) is 0 Å². The summed E-state index contributed by atoms with van der Waals surface area (Å²) in [6.45, 7) is 1.11. The van der Waals surface area contributed by atoms with Crippen LogP contribution in [0.4, 0.5) is 0 Å².